The van der Waals surface area contributed by atoms with E-state index in [0.717, 1.165) is 0 Å². The zero-order valence-electron chi connectivity index (χ0n) is 11.3. The Hall–Kier alpha value is -2.42. The molecule has 0 aliphatic heterocycles. The molecule has 0 bridgehead atoms. The van der Waals surface area contributed by atoms with Crippen LogP contribution in [-0.4, -0.2) is 42.1 Å². The first-order valence-electron chi connectivity index (χ1n) is 5.89. The summed E-state index contributed by atoms with van der Waals surface area (Å²) in [4.78, 5) is 25.5. The molecule has 9 heteroatoms. The largest absolute Gasteiger partial charge is 0.383 e. The fourth-order valence-corrected chi connectivity index (χ4v) is 1.42. The van der Waals surface area contributed by atoms with Gasteiger partial charge in [0, 0.05) is 19.7 Å². The Morgan fingerprint density at radius 1 is 1.60 bits per heavy atom. The highest BCUT2D eigenvalue weighted by molar-refractivity contribution is 5.84. The molecular weight excluding hydrogens is 266 g/mol. The van der Waals surface area contributed by atoms with Crippen LogP contribution in [0, 0.1) is 10.1 Å². The van der Waals surface area contributed by atoms with E-state index in [9.17, 15) is 14.9 Å². The molecule has 1 atom stereocenters. The molecule has 1 unspecified atom stereocenters. The number of nitrogen functional groups attached to an aromatic ring is 1. The lowest BCUT2D eigenvalue weighted by atomic mass is 10.3. The van der Waals surface area contributed by atoms with Crippen LogP contribution >= 0.6 is 0 Å². The van der Waals surface area contributed by atoms with Crippen LogP contribution in [0.4, 0.5) is 17.3 Å². The minimum atomic E-state index is -0.618. The number of rotatable bonds is 7. The standard InChI is InChI=1S/C11H17N5O4/c1-7(11(17)13-5-6-20-2)14-9-4-3-8(16(18)19)10(12)15-9/h3-4,7H,5-6H2,1-2H3,(H,13,17)(H3,12,14,15). The lowest BCUT2D eigenvalue weighted by Crippen LogP contribution is -2.39. The van der Waals surface area contributed by atoms with Crippen molar-refractivity contribution in [3.05, 3.63) is 22.2 Å². The second kappa shape index (κ2) is 7.24. The lowest BCUT2D eigenvalue weighted by molar-refractivity contribution is -0.384. The molecule has 0 saturated heterocycles. The predicted octanol–water partition coefficient (Wildman–Crippen LogP) is 0.135. The number of anilines is 2. The highest BCUT2D eigenvalue weighted by atomic mass is 16.6. The Balaban J connectivity index is 2.62. The maximum atomic E-state index is 11.7. The third-order valence-electron chi connectivity index (χ3n) is 2.46. The van der Waals surface area contributed by atoms with Crippen LogP contribution in [0.3, 0.4) is 0 Å². The van der Waals surface area contributed by atoms with Crippen molar-refractivity contribution in [2.24, 2.45) is 0 Å². The molecule has 0 fully saturated rings. The number of amides is 1. The maximum absolute atomic E-state index is 11.7. The number of carbonyl (C=O) groups excluding carboxylic acids is 1. The first-order chi connectivity index (χ1) is 9.45. The normalized spacial score (nSPS) is 11.7. The van der Waals surface area contributed by atoms with E-state index in [1.165, 1.54) is 19.2 Å². The molecule has 1 heterocycles. The van der Waals surface area contributed by atoms with Crippen molar-refractivity contribution < 1.29 is 14.5 Å². The molecular formula is C11H17N5O4. The minimum absolute atomic E-state index is 0.202. The van der Waals surface area contributed by atoms with Crippen molar-refractivity contribution in [1.29, 1.82) is 0 Å². The zero-order valence-corrected chi connectivity index (χ0v) is 11.3. The summed E-state index contributed by atoms with van der Waals surface area (Å²) >= 11 is 0. The topological polar surface area (TPSA) is 132 Å². The average Bonchev–Trinajstić information content (AvgIpc) is 2.38. The maximum Gasteiger partial charge on any atom is 0.311 e. The SMILES string of the molecule is COCCNC(=O)C(C)Nc1ccc([N+](=O)[O-])c(N)n1. The van der Waals surface area contributed by atoms with Gasteiger partial charge in [-0.1, -0.05) is 0 Å². The fraction of sp³-hybridized carbons (Fsp3) is 0.455. The Morgan fingerprint density at radius 3 is 2.85 bits per heavy atom. The van der Waals surface area contributed by atoms with Crippen LogP contribution in [-0.2, 0) is 9.53 Å². The number of nitrogens with two attached hydrogens (primary N) is 1. The summed E-state index contributed by atoms with van der Waals surface area (Å²) in [6.45, 7) is 2.46. The van der Waals surface area contributed by atoms with E-state index in [-0.39, 0.29) is 17.4 Å². The molecule has 1 rings (SSSR count). The van der Waals surface area contributed by atoms with Gasteiger partial charge in [0.15, 0.2) is 0 Å². The van der Waals surface area contributed by atoms with Crippen LogP contribution < -0.4 is 16.4 Å². The molecule has 0 radical (unpaired) electrons. The third-order valence-corrected chi connectivity index (χ3v) is 2.46. The van der Waals surface area contributed by atoms with Crippen LogP contribution in [0.1, 0.15) is 6.92 Å². The highest BCUT2D eigenvalue weighted by Crippen LogP contribution is 2.20. The molecule has 110 valence electrons. The van der Waals surface area contributed by atoms with E-state index < -0.39 is 11.0 Å². The smallest absolute Gasteiger partial charge is 0.311 e. The first kappa shape index (κ1) is 15.6. The molecule has 1 aromatic rings. The van der Waals surface area contributed by atoms with Crippen LogP contribution in [0.2, 0.25) is 0 Å². The Labute approximate surface area is 115 Å². The molecule has 0 saturated carbocycles. The summed E-state index contributed by atoms with van der Waals surface area (Å²) in [5.74, 6) is -0.143. The van der Waals surface area contributed by atoms with Gasteiger partial charge in [-0.15, -0.1) is 0 Å². The van der Waals surface area contributed by atoms with E-state index in [4.69, 9.17) is 10.5 Å². The second-order valence-corrected chi connectivity index (χ2v) is 4.01. The fourth-order valence-electron chi connectivity index (χ4n) is 1.42. The highest BCUT2D eigenvalue weighted by Gasteiger charge is 2.16. The molecule has 1 amide bonds. The van der Waals surface area contributed by atoms with Crippen molar-refractivity contribution in [3.8, 4) is 0 Å². The number of aromatic nitrogens is 1. The molecule has 0 aromatic carbocycles. The third kappa shape index (κ3) is 4.35. The van der Waals surface area contributed by atoms with E-state index in [1.54, 1.807) is 6.92 Å². The number of nitrogens with zero attached hydrogens (tertiary/aromatic N) is 2. The summed E-state index contributed by atoms with van der Waals surface area (Å²) in [7, 11) is 1.54. The Morgan fingerprint density at radius 2 is 2.30 bits per heavy atom. The number of hydrogen-bond acceptors (Lipinski definition) is 7. The van der Waals surface area contributed by atoms with Gasteiger partial charge < -0.3 is 21.1 Å². The van der Waals surface area contributed by atoms with Gasteiger partial charge in [-0.25, -0.2) is 4.98 Å². The van der Waals surface area contributed by atoms with Gasteiger partial charge in [0.05, 0.1) is 11.5 Å². The second-order valence-electron chi connectivity index (χ2n) is 4.01. The summed E-state index contributed by atoms with van der Waals surface area (Å²) in [5, 5.41) is 16.1. The van der Waals surface area contributed by atoms with E-state index in [1.807, 2.05) is 0 Å². The quantitative estimate of drug-likeness (QED) is 0.368. The molecule has 0 spiro atoms. The van der Waals surface area contributed by atoms with E-state index in [0.29, 0.717) is 19.0 Å². The molecule has 0 aliphatic rings. The van der Waals surface area contributed by atoms with Crippen LogP contribution in [0.15, 0.2) is 12.1 Å². The molecule has 0 aliphatic carbocycles. The number of pyridine rings is 1. The summed E-state index contributed by atoms with van der Waals surface area (Å²) in [6.07, 6.45) is 0. The van der Waals surface area contributed by atoms with E-state index in [2.05, 4.69) is 15.6 Å². The van der Waals surface area contributed by atoms with Crippen molar-refractivity contribution in [3.63, 3.8) is 0 Å². The number of hydrogen-bond donors (Lipinski definition) is 3. The molecule has 20 heavy (non-hydrogen) atoms. The van der Waals surface area contributed by atoms with Crippen LogP contribution in [0.25, 0.3) is 0 Å². The monoisotopic (exact) mass is 283 g/mol. The minimum Gasteiger partial charge on any atom is -0.383 e. The number of nitrogens with one attached hydrogen (secondary N) is 2. The van der Waals surface area contributed by atoms with Crippen LogP contribution in [0.5, 0.6) is 0 Å². The van der Waals surface area contributed by atoms with Gasteiger partial charge >= 0.3 is 5.69 Å². The number of nitro groups is 1. The Kier molecular flexibility index (Phi) is 5.66. The van der Waals surface area contributed by atoms with Gasteiger partial charge in [-0.2, -0.15) is 0 Å². The number of carbonyl (C=O) groups is 1. The molecule has 1 aromatic heterocycles. The first-order valence-corrected chi connectivity index (χ1v) is 5.89. The zero-order chi connectivity index (χ0) is 15.1. The summed E-state index contributed by atoms with van der Waals surface area (Å²) in [6, 6.07) is 2.08. The average molecular weight is 283 g/mol. The predicted molar refractivity (Wildman–Crippen MR) is 73.3 cm³/mol. The number of methoxy groups -OCH3 is 1. The van der Waals surface area contributed by atoms with Crippen molar-refractivity contribution >= 4 is 23.2 Å². The molecule has 9 nitrogen and oxygen atoms in total. The van der Waals surface area contributed by atoms with Gasteiger partial charge in [-0.05, 0) is 13.0 Å². The summed E-state index contributed by atoms with van der Waals surface area (Å²) in [5.41, 5.74) is 5.19. The van der Waals surface area contributed by atoms with Crippen molar-refractivity contribution in [1.82, 2.24) is 10.3 Å². The molecule has 4 N–H and O–H groups in total. The van der Waals surface area contributed by atoms with Gasteiger partial charge in [0.25, 0.3) is 0 Å². The van der Waals surface area contributed by atoms with Crippen molar-refractivity contribution in [2.75, 3.05) is 31.3 Å². The van der Waals surface area contributed by atoms with Gasteiger partial charge in [-0.3, -0.25) is 14.9 Å². The summed E-state index contributed by atoms with van der Waals surface area (Å²) < 4.78 is 4.81. The Bertz CT molecular complexity index is 494. The number of ether oxygens (including phenoxy) is 1. The van der Waals surface area contributed by atoms with Gasteiger partial charge in [0.2, 0.25) is 11.7 Å². The van der Waals surface area contributed by atoms with E-state index >= 15 is 0 Å². The van der Waals surface area contributed by atoms with Gasteiger partial charge in [0.1, 0.15) is 11.9 Å². The van der Waals surface area contributed by atoms with Crippen molar-refractivity contribution in [2.45, 2.75) is 13.0 Å². The lowest BCUT2D eigenvalue weighted by Gasteiger charge is -2.14.